The molecule has 1 aliphatic heterocycles. The summed E-state index contributed by atoms with van der Waals surface area (Å²) in [6, 6.07) is -1.58. The number of carboxylic acid groups (broad SMARTS) is 2. The lowest BCUT2D eigenvalue weighted by molar-refractivity contribution is -0.140. The van der Waals surface area contributed by atoms with Crippen molar-refractivity contribution in [2.75, 3.05) is 24.6 Å². The van der Waals surface area contributed by atoms with Gasteiger partial charge in [-0.3, -0.25) is 4.79 Å². The van der Waals surface area contributed by atoms with Gasteiger partial charge in [-0.25, -0.2) is 9.59 Å². The standard InChI is InChI=1S/C11H18N2O5S/c14-9(15)3-2-8(10(16)17)12-11(18)13-4-1-6-19-7-5-13/h8H,1-7H2,(H,12,18)(H,14,15)(H,16,17)/t8-/m0/s1. The van der Waals surface area contributed by atoms with Crippen molar-refractivity contribution in [2.24, 2.45) is 0 Å². The number of thioether (sulfide) groups is 1. The van der Waals surface area contributed by atoms with Gasteiger partial charge < -0.3 is 20.4 Å². The Morgan fingerprint density at radius 2 is 1.95 bits per heavy atom. The van der Waals surface area contributed by atoms with E-state index in [9.17, 15) is 14.4 Å². The molecule has 0 aliphatic carbocycles. The van der Waals surface area contributed by atoms with Crippen LogP contribution in [-0.2, 0) is 9.59 Å². The van der Waals surface area contributed by atoms with E-state index >= 15 is 0 Å². The van der Waals surface area contributed by atoms with E-state index in [-0.39, 0.29) is 12.8 Å². The maximum atomic E-state index is 11.9. The largest absolute Gasteiger partial charge is 0.481 e. The van der Waals surface area contributed by atoms with Crippen LogP contribution in [0.2, 0.25) is 0 Å². The van der Waals surface area contributed by atoms with E-state index in [0.29, 0.717) is 13.1 Å². The molecule has 0 radical (unpaired) electrons. The molecule has 19 heavy (non-hydrogen) atoms. The van der Waals surface area contributed by atoms with Gasteiger partial charge in [0.05, 0.1) is 0 Å². The third-order valence-corrected chi connectivity index (χ3v) is 3.80. The van der Waals surface area contributed by atoms with Gasteiger partial charge in [-0.15, -0.1) is 0 Å². The van der Waals surface area contributed by atoms with Gasteiger partial charge in [0.25, 0.3) is 0 Å². The summed E-state index contributed by atoms with van der Waals surface area (Å²) in [4.78, 5) is 34.9. The topological polar surface area (TPSA) is 107 Å². The summed E-state index contributed by atoms with van der Waals surface area (Å²) in [5.74, 6) is -0.462. The predicted molar refractivity (Wildman–Crippen MR) is 70.3 cm³/mol. The Morgan fingerprint density at radius 3 is 2.58 bits per heavy atom. The smallest absolute Gasteiger partial charge is 0.326 e. The number of carbonyl (C=O) groups excluding carboxylic acids is 1. The molecule has 0 aromatic carbocycles. The van der Waals surface area contributed by atoms with E-state index in [1.807, 2.05) is 0 Å². The fourth-order valence-corrected chi connectivity index (χ4v) is 2.60. The molecule has 0 bridgehead atoms. The van der Waals surface area contributed by atoms with Gasteiger partial charge in [0.1, 0.15) is 6.04 Å². The second kappa shape index (κ2) is 7.88. The van der Waals surface area contributed by atoms with Crippen LogP contribution in [0.1, 0.15) is 19.3 Å². The number of hydrogen-bond acceptors (Lipinski definition) is 4. The Labute approximate surface area is 115 Å². The van der Waals surface area contributed by atoms with Crippen LogP contribution < -0.4 is 5.32 Å². The number of carbonyl (C=O) groups is 3. The fourth-order valence-electron chi connectivity index (χ4n) is 1.71. The van der Waals surface area contributed by atoms with Crippen LogP contribution in [0.15, 0.2) is 0 Å². The lowest BCUT2D eigenvalue weighted by atomic mass is 10.1. The van der Waals surface area contributed by atoms with Crippen molar-refractivity contribution in [1.82, 2.24) is 10.2 Å². The molecule has 0 spiro atoms. The molecule has 0 aromatic heterocycles. The lowest BCUT2D eigenvalue weighted by Gasteiger charge is -2.23. The van der Waals surface area contributed by atoms with Crippen molar-refractivity contribution in [3.8, 4) is 0 Å². The molecule has 1 heterocycles. The van der Waals surface area contributed by atoms with Crippen molar-refractivity contribution in [2.45, 2.75) is 25.3 Å². The molecule has 8 heteroatoms. The Morgan fingerprint density at radius 1 is 1.21 bits per heavy atom. The zero-order valence-corrected chi connectivity index (χ0v) is 11.3. The molecule has 0 aromatic rings. The first-order chi connectivity index (χ1) is 9.00. The van der Waals surface area contributed by atoms with Crippen molar-refractivity contribution in [3.05, 3.63) is 0 Å². The van der Waals surface area contributed by atoms with Crippen molar-refractivity contribution >= 4 is 29.7 Å². The first kappa shape index (κ1) is 15.6. The van der Waals surface area contributed by atoms with Gasteiger partial charge in [-0.2, -0.15) is 11.8 Å². The highest BCUT2D eigenvalue weighted by molar-refractivity contribution is 7.99. The first-order valence-electron chi connectivity index (χ1n) is 6.08. The summed E-state index contributed by atoms with van der Waals surface area (Å²) < 4.78 is 0. The minimum atomic E-state index is -1.21. The zero-order chi connectivity index (χ0) is 14.3. The summed E-state index contributed by atoms with van der Waals surface area (Å²) in [6.45, 7) is 1.19. The van der Waals surface area contributed by atoms with E-state index in [1.165, 1.54) is 0 Å². The van der Waals surface area contributed by atoms with E-state index < -0.39 is 24.0 Å². The van der Waals surface area contributed by atoms with Crippen LogP contribution >= 0.6 is 11.8 Å². The molecule has 1 fully saturated rings. The highest BCUT2D eigenvalue weighted by Gasteiger charge is 2.24. The molecule has 3 N–H and O–H groups in total. The SMILES string of the molecule is O=C(O)CC[C@H](NC(=O)N1CCCSCC1)C(=O)O. The Hall–Kier alpha value is -1.44. The van der Waals surface area contributed by atoms with Gasteiger partial charge in [0, 0.05) is 25.3 Å². The molecule has 1 atom stereocenters. The van der Waals surface area contributed by atoms with Crippen LogP contribution in [0.3, 0.4) is 0 Å². The molecule has 0 saturated carbocycles. The van der Waals surface area contributed by atoms with Crippen LogP contribution in [0.5, 0.6) is 0 Å². The highest BCUT2D eigenvalue weighted by Crippen LogP contribution is 2.10. The Bertz CT molecular complexity index is 342. The van der Waals surface area contributed by atoms with Gasteiger partial charge >= 0.3 is 18.0 Å². The molecule has 108 valence electrons. The van der Waals surface area contributed by atoms with Gasteiger partial charge in [-0.1, -0.05) is 0 Å². The number of nitrogens with zero attached hydrogens (tertiary/aromatic N) is 1. The highest BCUT2D eigenvalue weighted by atomic mass is 32.2. The second-order valence-corrected chi connectivity index (χ2v) is 5.45. The van der Waals surface area contributed by atoms with Crippen LogP contribution in [0.4, 0.5) is 4.79 Å². The van der Waals surface area contributed by atoms with E-state index in [4.69, 9.17) is 10.2 Å². The molecule has 2 amide bonds. The number of aliphatic carboxylic acids is 2. The average Bonchev–Trinajstić information content (AvgIpc) is 2.62. The van der Waals surface area contributed by atoms with Crippen molar-refractivity contribution < 1.29 is 24.6 Å². The summed E-state index contributed by atoms with van der Waals surface area (Å²) in [5.41, 5.74) is 0. The molecule has 0 unspecified atom stereocenters. The number of rotatable bonds is 5. The first-order valence-corrected chi connectivity index (χ1v) is 7.24. The normalized spacial score (nSPS) is 17.4. The predicted octanol–water partition coefficient (Wildman–Crippen LogP) is 0.453. The quantitative estimate of drug-likeness (QED) is 0.679. The second-order valence-electron chi connectivity index (χ2n) is 4.23. The number of urea groups is 1. The number of nitrogens with one attached hydrogen (secondary N) is 1. The Balaban J connectivity index is 2.49. The molecule has 1 saturated heterocycles. The molecular formula is C11H18N2O5S. The van der Waals surface area contributed by atoms with Crippen LogP contribution in [0.25, 0.3) is 0 Å². The van der Waals surface area contributed by atoms with Crippen molar-refractivity contribution in [3.63, 3.8) is 0 Å². The Kier molecular flexibility index (Phi) is 6.48. The molecular weight excluding hydrogens is 272 g/mol. The molecule has 1 aliphatic rings. The van der Waals surface area contributed by atoms with Crippen molar-refractivity contribution in [1.29, 1.82) is 0 Å². The van der Waals surface area contributed by atoms with Gasteiger partial charge in [-0.05, 0) is 18.6 Å². The number of carboxylic acids is 2. The van der Waals surface area contributed by atoms with Crippen LogP contribution in [0, 0.1) is 0 Å². The summed E-state index contributed by atoms with van der Waals surface area (Å²) in [7, 11) is 0. The molecule has 1 rings (SSSR count). The third-order valence-electron chi connectivity index (χ3n) is 2.75. The summed E-state index contributed by atoms with van der Waals surface area (Å²) >= 11 is 1.76. The zero-order valence-electron chi connectivity index (χ0n) is 10.5. The molecule has 7 nitrogen and oxygen atoms in total. The monoisotopic (exact) mass is 290 g/mol. The van der Waals surface area contributed by atoms with E-state index in [1.54, 1.807) is 16.7 Å². The third kappa shape index (κ3) is 5.82. The maximum Gasteiger partial charge on any atom is 0.326 e. The average molecular weight is 290 g/mol. The minimum absolute atomic E-state index is 0.112. The summed E-state index contributed by atoms with van der Waals surface area (Å²) in [6.07, 6.45) is 0.483. The minimum Gasteiger partial charge on any atom is -0.481 e. The van der Waals surface area contributed by atoms with Crippen LogP contribution in [-0.4, -0.2) is 63.7 Å². The maximum absolute atomic E-state index is 11.9. The number of amides is 2. The number of hydrogen-bond donors (Lipinski definition) is 3. The van der Waals surface area contributed by atoms with E-state index in [2.05, 4.69) is 5.32 Å². The lowest BCUT2D eigenvalue weighted by Crippen LogP contribution is -2.48. The fraction of sp³-hybridized carbons (Fsp3) is 0.727. The van der Waals surface area contributed by atoms with E-state index in [0.717, 1.165) is 17.9 Å². The summed E-state index contributed by atoms with van der Waals surface area (Å²) in [5, 5.41) is 19.9. The van der Waals surface area contributed by atoms with Gasteiger partial charge in [0.2, 0.25) is 0 Å². The van der Waals surface area contributed by atoms with Gasteiger partial charge in [0.15, 0.2) is 0 Å².